The van der Waals surface area contributed by atoms with E-state index in [1.807, 2.05) is 0 Å². The summed E-state index contributed by atoms with van der Waals surface area (Å²) >= 11 is 0. The molecule has 1 saturated carbocycles. The molecule has 0 aromatic carbocycles. The van der Waals surface area contributed by atoms with Crippen LogP contribution in [0.5, 0.6) is 0 Å². The number of carbonyl (C=O) groups excluding carboxylic acids is 1. The Morgan fingerprint density at radius 1 is 1.22 bits per heavy atom. The van der Waals surface area contributed by atoms with Crippen LogP contribution in [0.4, 0.5) is 0 Å². The first kappa shape index (κ1) is 13.9. The molecule has 1 aliphatic heterocycles. The van der Waals surface area contributed by atoms with Gasteiger partial charge < -0.3 is 10.2 Å². The quantitative estimate of drug-likeness (QED) is 0.834. The highest BCUT2D eigenvalue weighted by Gasteiger charge is 2.37. The van der Waals surface area contributed by atoms with Crippen molar-refractivity contribution in [3.63, 3.8) is 0 Å². The van der Waals surface area contributed by atoms with Crippen molar-refractivity contribution in [3.05, 3.63) is 0 Å². The van der Waals surface area contributed by atoms with Crippen LogP contribution in [0.15, 0.2) is 0 Å². The molecular weight excluding hydrogens is 224 g/mol. The fraction of sp³-hybridized carbons (Fsp3) is 0.933. The van der Waals surface area contributed by atoms with E-state index in [1.54, 1.807) is 0 Å². The van der Waals surface area contributed by atoms with Crippen molar-refractivity contribution < 1.29 is 4.79 Å². The first-order valence-electron chi connectivity index (χ1n) is 7.68. The van der Waals surface area contributed by atoms with Crippen molar-refractivity contribution >= 4 is 5.91 Å². The number of hydrogen-bond donors (Lipinski definition) is 1. The van der Waals surface area contributed by atoms with Crippen molar-refractivity contribution in [3.8, 4) is 0 Å². The van der Waals surface area contributed by atoms with Gasteiger partial charge in [0, 0.05) is 18.6 Å². The van der Waals surface area contributed by atoms with Crippen LogP contribution >= 0.6 is 0 Å². The highest BCUT2D eigenvalue weighted by molar-refractivity contribution is 5.84. The molecule has 1 unspecified atom stereocenters. The molecule has 3 nitrogen and oxygen atoms in total. The summed E-state index contributed by atoms with van der Waals surface area (Å²) < 4.78 is 0. The molecule has 0 spiro atoms. The van der Waals surface area contributed by atoms with Crippen molar-refractivity contribution in [1.29, 1.82) is 0 Å². The van der Waals surface area contributed by atoms with Crippen molar-refractivity contribution in [2.75, 3.05) is 6.54 Å². The van der Waals surface area contributed by atoms with Gasteiger partial charge in [0.05, 0.1) is 6.04 Å². The van der Waals surface area contributed by atoms with Gasteiger partial charge in [-0.2, -0.15) is 0 Å². The molecule has 0 aromatic rings. The van der Waals surface area contributed by atoms with E-state index in [-0.39, 0.29) is 6.04 Å². The van der Waals surface area contributed by atoms with Gasteiger partial charge in [-0.15, -0.1) is 0 Å². The minimum Gasteiger partial charge on any atom is -0.338 e. The normalized spacial score (nSPS) is 33.4. The molecule has 1 N–H and O–H groups in total. The van der Waals surface area contributed by atoms with Gasteiger partial charge in [0.2, 0.25) is 5.91 Å². The number of carbonyl (C=O) groups is 1. The number of rotatable bonds is 4. The fourth-order valence-corrected chi connectivity index (χ4v) is 3.49. The van der Waals surface area contributed by atoms with Gasteiger partial charge in [0.15, 0.2) is 0 Å². The SMILES string of the molecule is CCC1CCC(N2CCC(NC(C)C)C2=O)CC1. The average Bonchev–Trinajstić information content (AvgIpc) is 2.71. The third-order valence-corrected chi connectivity index (χ3v) is 4.61. The van der Waals surface area contributed by atoms with Gasteiger partial charge in [-0.3, -0.25) is 4.79 Å². The topological polar surface area (TPSA) is 32.3 Å². The van der Waals surface area contributed by atoms with Crippen LogP contribution in [-0.4, -0.2) is 35.5 Å². The van der Waals surface area contributed by atoms with Crippen LogP contribution in [-0.2, 0) is 4.79 Å². The first-order valence-corrected chi connectivity index (χ1v) is 7.68. The van der Waals surface area contributed by atoms with Gasteiger partial charge in [0.1, 0.15) is 0 Å². The molecule has 2 rings (SSSR count). The van der Waals surface area contributed by atoms with E-state index in [2.05, 4.69) is 31.0 Å². The van der Waals surface area contributed by atoms with E-state index in [1.165, 1.54) is 32.1 Å². The molecule has 2 aliphatic rings. The molecule has 18 heavy (non-hydrogen) atoms. The van der Waals surface area contributed by atoms with Gasteiger partial charge in [-0.1, -0.05) is 27.2 Å². The van der Waals surface area contributed by atoms with Crippen molar-refractivity contribution in [2.45, 2.75) is 77.4 Å². The molecular formula is C15H28N2O. The smallest absolute Gasteiger partial charge is 0.240 e. The lowest BCUT2D eigenvalue weighted by Gasteiger charge is -2.34. The predicted molar refractivity (Wildman–Crippen MR) is 74.4 cm³/mol. The van der Waals surface area contributed by atoms with Gasteiger partial charge in [-0.25, -0.2) is 0 Å². The third kappa shape index (κ3) is 3.05. The summed E-state index contributed by atoms with van der Waals surface area (Å²) in [5.41, 5.74) is 0. The molecule has 1 saturated heterocycles. The maximum Gasteiger partial charge on any atom is 0.240 e. The summed E-state index contributed by atoms with van der Waals surface area (Å²) in [6.07, 6.45) is 7.36. The molecule has 1 aliphatic carbocycles. The molecule has 1 atom stereocenters. The first-order chi connectivity index (χ1) is 8.61. The van der Waals surface area contributed by atoms with Crippen LogP contribution < -0.4 is 5.32 Å². The van der Waals surface area contributed by atoms with Crippen LogP contribution in [0.25, 0.3) is 0 Å². The molecule has 0 aromatic heterocycles. The molecule has 0 bridgehead atoms. The Labute approximate surface area is 111 Å². The summed E-state index contributed by atoms with van der Waals surface area (Å²) in [7, 11) is 0. The van der Waals surface area contributed by atoms with Crippen LogP contribution in [0.2, 0.25) is 0 Å². The summed E-state index contributed by atoms with van der Waals surface area (Å²) in [5.74, 6) is 1.26. The lowest BCUT2D eigenvalue weighted by atomic mass is 9.84. The molecule has 104 valence electrons. The Hall–Kier alpha value is -0.570. The summed E-state index contributed by atoms with van der Waals surface area (Å²) in [4.78, 5) is 14.5. The minimum absolute atomic E-state index is 0.0777. The highest BCUT2D eigenvalue weighted by atomic mass is 16.2. The Bertz CT molecular complexity index is 282. The summed E-state index contributed by atoms with van der Waals surface area (Å²) in [5, 5.41) is 3.39. The standard InChI is InChI=1S/C15H28N2O/c1-4-12-5-7-13(8-6-12)17-10-9-14(15(17)18)16-11(2)3/h11-14,16H,4-10H2,1-3H3. The molecule has 1 amide bonds. The van der Waals surface area contributed by atoms with E-state index in [0.29, 0.717) is 18.0 Å². The fourth-order valence-electron chi connectivity index (χ4n) is 3.49. The maximum atomic E-state index is 12.4. The van der Waals surface area contributed by atoms with Gasteiger partial charge in [-0.05, 0) is 38.0 Å². The van der Waals surface area contributed by atoms with E-state index < -0.39 is 0 Å². The number of nitrogens with one attached hydrogen (secondary N) is 1. The zero-order valence-corrected chi connectivity index (χ0v) is 12.1. The molecule has 1 heterocycles. The number of likely N-dealkylation sites (tertiary alicyclic amines) is 1. The second-order valence-corrected chi connectivity index (χ2v) is 6.28. The predicted octanol–water partition coefficient (Wildman–Crippen LogP) is 2.55. The maximum absolute atomic E-state index is 12.4. The van der Waals surface area contributed by atoms with Gasteiger partial charge >= 0.3 is 0 Å². The van der Waals surface area contributed by atoms with Crippen molar-refractivity contribution in [2.24, 2.45) is 5.92 Å². The lowest BCUT2D eigenvalue weighted by Crippen LogP contribution is -2.45. The number of hydrogen-bond acceptors (Lipinski definition) is 2. The third-order valence-electron chi connectivity index (χ3n) is 4.61. The highest BCUT2D eigenvalue weighted by Crippen LogP contribution is 2.31. The summed E-state index contributed by atoms with van der Waals surface area (Å²) in [6.45, 7) is 7.48. The Morgan fingerprint density at radius 2 is 1.89 bits per heavy atom. The van der Waals surface area contributed by atoms with E-state index in [4.69, 9.17) is 0 Å². The Morgan fingerprint density at radius 3 is 2.44 bits per heavy atom. The molecule has 0 radical (unpaired) electrons. The lowest BCUT2D eigenvalue weighted by molar-refractivity contribution is -0.132. The van der Waals surface area contributed by atoms with Gasteiger partial charge in [0.25, 0.3) is 0 Å². The zero-order chi connectivity index (χ0) is 13.1. The Balaban J connectivity index is 1.86. The van der Waals surface area contributed by atoms with E-state index >= 15 is 0 Å². The largest absolute Gasteiger partial charge is 0.338 e. The average molecular weight is 252 g/mol. The zero-order valence-electron chi connectivity index (χ0n) is 12.1. The summed E-state index contributed by atoms with van der Waals surface area (Å²) in [6, 6.07) is 1.00. The van der Waals surface area contributed by atoms with E-state index in [9.17, 15) is 4.79 Å². The monoisotopic (exact) mass is 252 g/mol. The Kier molecular flexibility index (Phi) is 4.66. The second kappa shape index (κ2) is 6.05. The minimum atomic E-state index is 0.0777. The second-order valence-electron chi connectivity index (χ2n) is 6.28. The van der Waals surface area contributed by atoms with Crippen LogP contribution in [0, 0.1) is 5.92 Å². The molecule has 3 heteroatoms. The van der Waals surface area contributed by atoms with Crippen molar-refractivity contribution in [1.82, 2.24) is 10.2 Å². The van der Waals surface area contributed by atoms with Crippen LogP contribution in [0.3, 0.4) is 0 Å². The molecule has 2 fully saturated rings. The number of nitrogens with zero attached hydrogens (tertiary/aromatic N) is 1. The van der Waals surface area contributed by atoms with Crippen LogP contribution in [0.1, 0.15) is 59.3 Å². The van der Waals surface area contributed by atoms with E-state index in [0.717, 1.165) is 18.9 Å². The number of amides is 1.